The van der Waals surface area contributed by atoms with Crippen LogP contribution in [-0.4, -0.2) is 21.0 Å². The summed E-state index contributed by atoms with van der Waals surface area (Å²) in [6.45, 7) is 0. The van der Waals surface area contributed by atoms with Crippen LogP contribution in [0.3, 0.4) is 0 Å². The van der Waals surface area contributed by atoms with E-state index in [0.29, 0.717) is 23.5 Å². The maximum Gasteiger partial charge on any atom is 0.266 e. The van der Waals surface area contributed by atoms with Gasteiger partial charge in [0, 0.05) is 15.7 Å². The van der Waals surface area contributed by atoms with Crippen LogP contribution in [0.5, 0.6) is 5.75 Å². The highest BCUT2D eigenvalue weighted by Gasteiger charge is 2.24. The number of carbonyl (C=O) groups excluding carboxylic acids is 1. The van der Waals surface area contributed by atoms with Crippen LogP contribution < -0.4 is 10.9 Å². The van der Waals surface area contributed by atoms with Gasteiger partial charge in [0.2, 0.25) is 0 Å². The lowest BCUT2D eigenvalue weighted by molar-refractivity contribution is 0.102. The van der Waals surface area contributed by atoms with Gasteiger partial charge in [-0.15, -0.1) is 0 Å². The number of thiazole rings is 1. The van der Waals surface area contributed by atoms with Gasteiger partial charge in [0.25, 0.3) is 11.5 Å². The van der Waals surface area contributed by atoms with Crippen molar-refractivity contribution >= 4 is 48.5 Å². The van der Waals surface area contributed by atoms with Gasteiger partial charge < -0.3 is 10.1 Å². The standard InChI is InChI=1S/C17H14BrN3O3S/c18-8-5-6-11-12(7-8)25-17(20-11)21-16(24)13-14(22)9-3-1-2-4-10(9)19-15(13)23/h5-7H,1-4H2,(H2,19,22,23)(H,20,21,24). The first-order valence-electron chi connectivity index (χ1n) is 7.87. The molecule has 0 saturated heterocycles. The molecule has 6 nitrogen and oxygen atoms in total. The van der Waals surface area contributed by atoms with Crippen molar-refractivity contribution in [2.75, 3.05) is 5.32 Å². The first-order chi connectivity index (χ1) is 12.0. The molecular formula is C17H14BrN3O3S. The Balaban J connectivity index is 1.69. The number of aromatic hydroxyl groups is 1. The molecular weight excluding hydrogens is 406 g/mol. The quantitative estimate of drug-likeness (QED) is 0.591. The highest BCUT2D eigenvalue weighted by molar-refractivity contribution is 9.10. The van der Waals surface area contributed by atoms with E-state index in [-0.39, 0.29) is 11.3 Å². The zero-order valence-electron chi connectivity index (χ0n) is 13.1. The summed E-state index contributed by atoms with van der Waals surface area (Å²) in [5.74, 6) is -0.856. The summed E-state index contributed by atoms with van der Waals surface area (Å²) >= 11 is 4.70. The van der Waals surface area contributed by atoms with E-state index in [9.17, 15) is 14.7 Å². The molecule has 3 aromatic rings. The lowest BCUT2D eigenvalue weighted by Gasteiger charge is -2.17. The van der Waals surface area contributed by atoms with Gasteiger partial charge in [-0.1, -0.05) is 27.3 Å². The Morgan fingerprint density at radius 3 is 2.96 bits per heavy atom. The van der Waals surface area contributed by atoms with Gasteiger partial charge in [0.15, 0.2) is 5.13 Å². The Kier molecular flexibility index (Phi) is 4.09. The Bertz CT molecular complexity index is 1060. The molecule has 1 aliphatic carbocycles. The normalized spacial score (nSPS) is 13.6. The second kappa shape index (κ2) is 6.27. The summed E-state index contributed by atoms with van der Waals surface area (Å²) < 4.78 is 1.83. The Labute approximate surface area is 155 Å². The zero-order chi connectivity index (χ0) is 17.6. The van der Waals surface area contributed by atoms with Gasteiger partial charge in [-0.2, -0.15) is 0 Å². The largest absolute Gasteiger partial charge is 0.507 e. The van der Waals surface area contributed by atoms with E-state index in [0.717, 1.165) is 33.2 Å². The van der Waals surface area contributed by atoms with Crippen molar-refractivity contribution < 1.29 is 9.90 Å². The molecule has 8 heteroatoms. The number of hydrogen-bond acceptors (Lipinski definition) is 5. The average Bonchev–Trinajstić information content (AvgIpc) is 2.96. The van der Waals surface area contributed by atoms with Crippen LogP contribution in [0, 0.1) is 0 Å². The third kappa shape index (κ3) is 2.96. The molecule has 3 N–H and O–H groups in total. The Morgan fingerprint density at radius 1 is 1.32 bits per heavy atom. The minimum absolute atomic E-state index is 0.209. The maximum atomic E-state index is 12.6. The van der Waals surface area contributed by atoms with E-state index in [4.69, 9.17) is 0 Å². The van der Waals surface area contributed by atoms with Crippen molar-refractivity contribution in [3.05, 3.63) is 49.8 Å². The fraction of sp³-hybridized carbons (Fsp3) is 0.235. The fourth-order valence-corrected chi connectivity index (χ4v) is 4.50. The molecule has 1 amide bonds. The molecule has 25 heavy (non-hydrogen) atoms. The van der Waals surface area contributed by atoms with Gasteiger partial charge in [-0.05, 0) is 43.9 Å². The third-order valence-corrected chi connectivity index (χ3v) is 5.71. The molecule has 0 saturated carbocycles. The molecule has 4 rings (SSSR count). The molecule has 128 valence electrons. The van der Waals surface area contributed by atoms with E-state index in [1.165, 1.54) is 11.3 Å². The van der Waals surface area contributed by atoms with Crippen LogP contribution in [0.4, 0.5) is 5.13 Å². The number of hydrogen-bond donors (Lipinski definition) is 3. The first-order valence-corrected chi connectivity index (χ1v) is 9.48. The van der Waals surface area contributed by atoms with Crippen LogP contribution in [-0.2, 0) is 12.8 Å². The molecule has 2 aromatic heterocycles. The van der Waals surface area contributed by atoms with Gasteiger partial charge in [0.1, 0.15) is 11.3 Å². The van der Waals surface area contributed by atoms with Crippen LogP contribution in [0.2, 0.25) is 0 Å². The number of benzene rings is 1. The highest BCUT2D eigenvalue weighted by atomic mass is 79.9. The number of aromatic amines is 1. The van der Waals surface area contributed by atoms with E-state index in [1.54, 1.807) is 0 Å². The molecule has 2 heterocycles. The first kappa shape index (κ1) is 16.3. The number of aryl methyl sites for hydroxylation is 1. The Morgan fingerprint density at radius 2 is 2.12 bits per heavy atom. The minimum Gasteiger partial charge on any atom is -0.507 e. The summed E-state index contributed by atoms with van der Waals surface area (Å²) in [4.78, 5) is 31.9. The average molecular weight is 420 g/mol. The molecule has 1 aromatic carbocycles. The van der Waals surface area contributed by atoms with E-state index < -0.39 is 11.5 Å². The molecule has 1 aliphatic rings. The smallest absolute Gasteiger partial charge is 0.266 e. The molecule has 0 spiro atoms. The van der Waals surface area contributed by atoms with Crippen LogP contribution in [0.15, 0.2) is 27.5 Å². The summed E-state index contributed by atoms with van der Waals surface area (Å²) in [5.41, 5.74) is 1.34. The van der Waals surface area contributed by atoms with Crippen molar-refractivity contribution in [3.8, 4) is 5.75 Å². The highest BCUT2D eigenvalue weighted by Crippen LogP contribution is 2.31. The van der Waals surface area contributed by atoms with Crippen molar-refractivity contribution in [2.24, 2.45) is 0 Å². The lowest BCUT2D eigenvalue weighted by Crippen LogP contribution is -2.26. The van der Waals surface area contributed by atoms with Crippen LogP contribution >= 0.6 is 27.3 Å². The summed E-state index contributed by atoms with van der Waals surface area (Å²) in [6.07, 6.45) is 3.27. The van der Waals surface area contributed by atoms with Crippen LogP contribution in [0.25, 0.3) is 10.2 Å². The van der Waals surface area contributed by atoms with E-state index in [1.807, 2.05) is 18.2 Å². The lowest BCUT2D eigenvalue weighted by atomic mass is 9.94. The predicted molar refractivity (Wildman–Crippen MR) is 101 cm³/mol. The van der Waals surface area contributed by atoms with Gasteiger partial charge >= 0.3 is 0 Å². The number of amides is 1. The van der Waals surface area contributed by atoms with E-state index in [2.05, 4.69) is 31.2 Å². The number of rotatable bonds is 2. The number of pyridine rings is 1. The summed E-state index contributed by atoms with van der Waals surface area (Å²) in [6, 6.07) is 5.62. The molecule has 0 fully saturated rings. The predicted octanol–water partition coefficient (Wildman–Crippen LogP) is 3.58. The van der Waals surface area contributed by atoms with Gasteiger partial charge in [-0.25, -0.2) is 4.98 Å². The number of carbonyl (C=O) groups is 1. The van der Waals surface area contributed by atoms with Crippen molar-refractivity contribution in [1.29, 1.82) is 0 Å². The number of anilines is 1. The minimum atomic E-state index is -0.648. The fourth-order valence-electron chi connectivity index (χ4n) is 3.08. The Hall–Kier alpha value is -2.19. The molecule has 0 unspecified atom stereocenters. The van der Waals surface area contributed by atoms with Crippen molar-refractivity contribution in [2.45, 2.75) is 25.7 Å². The van der Waals surface area contributed by atoms with Crippen LogP contribution in [0.1, 0.15) is 34.5 Å². The number of fused-ring (bicyclic) bond motifs is 2. The third-order valence-electron chi connectivity index (χ3n) is 4.28. The van der Waals surface area contributed by atoms with Gasteiger partial charge in [-0.3, -0.25) is 14.9 Å². The van der Waals surface area contributed by atoms with Crippen molar-refractivity contribution in [3.63, 3.8) is 0 Å². The molecule has 0 radical (unpaired) electrons. The second-order valence-corrected chi connectivity index (χ2v) is 7.87. The molecule has 0 aliphatic heterocycles. The topological polar surface area (TPSA) is 95.1 Å². The van der Waals surface area contributed by atoms with E-state index >= 15 is 0 Å². The number of nitrogens with zero attached hydrogens (tertiary/aromatic N) is 1. The number of nitrogens with one attached hydrogen (secondary N) is 2. The molecule has 0 bridgehead atoms. The summed E-state index contributed by atoms with van der Waals surface area (Å²) in [7, 11) is 0. The SMILES string of the molecule is O=C(Nc1nc2ccc(Br)cc2s1)c1c(O)c2c([nH]c1=O)CCCC2. The zero-order valence-corrected chi connectivity index (χ0v) is 15.5. The maximum absolute atomic E-state index is 12.6. The summed E-state index contributed by atoms with van der Waals surface area (Å²) in [5, 5.41) is 13.4. The second-order valence-electron chi connectivity index (χ2n) is 5.93. The molecule has 0 atom stereocenters. The van der Waals surface area contributed by atoms with Crippen molar-refractivity contribution in [1.82, 2.24) is 9.97 Å². The number of aromatic nitrogens is 2. The monoisotopic (exact) mass is 419 g/mol. The number of H-pyrrole nitrogens is 1. The number of halogens is 1. The van der Waals surface area contributed by atoms with Gasteiger partial charge in [0.05, 0.1) is 10.2 Å².